The van der Waals surface area contributed by atoms with Crippen molar-refractivity contribution in [1.29, 1.82) is 0 Å². The van der Waals surface area contributed by atoms with E-state index in [0.717, 1.165) is 45.6 Å². The zero-order valence-electron chi connectivity index (χ0n) is 12.3. The Morgan fingerprint density at radius 3 is 2.21 bits per heavy atom. The standard InChI is InChI=1S/C14H26N2O3/c1-13(2,3)19-12(18)16-8-6-15(7-9-16)10-14(11-17)4-5-14/h17H,4-11H2,1-3H3. The lowest BCUT2D eigenvalue weighted by molar-refractivity contribution is 0.0117. The Morgan fingerprint density at radius 1 is 1.21 bits per heavy atom. The van der Waals surface area contributed by atoms with Gasteiger partial charge in [0.2, 0.25) is 0 Å². The largest absolute Gasteiger partial charge is 0.444 e. The third kappa shape index (κ3) is 4.08. The highest BCUT2D eigenvalue weighted by Gasteiger charge is 2.43. The molecule has 1 aliphatic heterocycles. The van der Waals surface area contributed by atoms with Gasteiger partial charge in [-0.1, -0.05) is 0 Å². The van der Waals surface area contributed by atoms with E-state index in [-0.39, 0.29) is 11.5 Å². The Bertz CT molecular complexity index is 326. The summed E-state index contributed by atoms with van der Waals surface area (Å²) in [6.45, 7) is 10.1. The molecule has 19 heavy (non-hydrogen) atoms. The zero-order chi connectivity index (χ0) is 14.1. The molecule has 1 aliphatic carbocycles. The maximum Gasteiger partial charge on any atom is 0.410 e. The number of carbonyl (C=O) groups excluding carboxylic acids is 1. The van der Waals surface area contributed by atoms with E-state index < -0.39 is 5.60 Å². The van der Waals surface area contributed by atoms with Crippen LogP contribution in [0.15, 0.2) is 0 Å². The monoisotopic (exact) mass is 270 g/mol. The maximum absolute atomic E-state index is 11.9. The van der Waals surface area contributed by atoms with E-state index in [9.17, 15) is 9.90 Å². The highest BCUT2D eigenvalue weighted by Crippen LogP contribution is 2.45. The van der Waals surface area contributed by atoms with Gasteiger partial charge in [0.1, 0.15) is 5.60 Å². The number of nitrogens with zero attached hydrogens (tertiary/aromatic N) is 2. The van der Waals surface area contributed by atoms with Crippen molar-refractivity contribution in [2.24, 2.45) is 5.41 Å². The molecule has 1 saturated carbocycles. The molecule has 1 heterocycles. The van der Waals surface area contributed by atoms with Gasteiger partial charge in [-0.15, -0.1) is 0 Å². The van der Waals surface area contributed by atoms with Crippen molar-refractivity contribution in [2.75, 3.05) is 39.3 Å². The van der Waals surface area contributed by atoms with Crippen molar-refractivity contribution in [3.63, 3.8) is 0 Å². The minimum absolute atomic E-state index is 0.161. The zero-order valence-corrected chi connectivity index (χ0v) is 12.3. The van der Waals surface area contributed by atoms with E-state index in [2.05, 4.69) is 4.90 Å². The average molecular weight is 270 g/mol. The van der Waals surface area contributed by atoms with Crippen LogP contribution in [0.2, 0.25) is 0 Å². The van der Waals surface area contributed by atoms with Gasteiger partial charge in [0, 0.05) is 44.7 Å². The number of aliphatic hydroxyl groups is 1. The predicted molar refractivity (Wildman–Crippen MR) is 73.0 cm³/mol. The molecule has 5 nitrogen and oxygen atoms in total. The molecule has 1 amide bonds. The van der Waals surface area contributed by atoms with E-state index in [4.69, 9.17) is 4.74 Å². The molecule has 0 aromatic rings. The molecule has 0 spiro atoms. The number of amides is 1. The van der Waals surface area contributed by atoms with Crippen LogP contribution in [-0.2, 0) is 4.74 Å². The van der Waals surface area contributed by atoms with Crippen LogP contribution in [0.5, 0.6) is 0 Å². The van der Waals surface area contributed by atoms with E-state index in [1.54, 1.807) is 4.90 Å². The number of carbonyl (C=O) groups is 1. The van der Waals surface area contributed by atoms with Crippen LogP contribution in [0.3, 0.4) is 0 Å². The van der Waals surface area contributed by atoms with Crippen LogP contribution >= 0.6 is 0 Å². The first-order valence-electron chi connectivity index (χ1n) is 7.15. The summed E-state index contributed by atoms with van der Waals surface area (Å²) in [6.07, 6.45) is 2.06. The van der Waals surface area contributed by atoms with Gasteiger partial charge < -0.3 is 14.7 Å². The molecule has 0 atom stereocenters. The van der Waals surface area contributed by atoms with Crippen molar-refractivity contribution in [3.05, 3.63) is 0 Å². The fourth-order valence-corrected chi connectivity index (χ4v) is 2.43. The first kappa shape index (κ1) is 14.6. The lowest BCUT2D eigenvalue weighted by atomic mass is 10.1. The van der Waals surface area contributed by atoms with Crippen LogP contribution in [0.4, 0.5) is 4.79 Å². The second-order valence-electron chi connectivity index (χ2n) is 6.90. The molecular formula is C14H26N2O3. The van der Waals surface area contributed by atoms with E-state index in [0.29, 0.717) is 6.61 Å². The first-order valence-corrected chi connectivity index (χ1v) is 7.15. The van der Waals surface area contributed by atoms with Crippen LogP contribution in [0, 0.1) is 5.41 Å². The Kier molecular flexibility index (Phi) is 4.06. The highest BCUT2D eigenvalue weighted by atomic mass is 16.6. The fourth-order valence-electron chi connectivity index (χ4n) is 2.43. The normalized spacial score (nSPS) is 23.3. The summed E-state index contributed by atoms with van der Waals surface area (Å²) in [6, 6.07) is 0. The van der Waals surface area contributed by atoms with Gasteiger partial charge in [0.05, 0.1) is 0 Å². The van der Waals surface area contributed by atoms with Crippen LogP contribution in [-0.4, -0.2) is 65.9 Å². The molecule has 0 aromatic carbocycles. The predicted octanol–water partition coefficient (Wildman–Crippen LogP) is 1.31. The third-order valence-corrected chi connectivity index (χ3v) is 3.88. The molecule has 0 aromatic heterocycles. The van der Waals surface area contributed by atoms with Crippen LogP contribution in [0.1, 0.15) is 33.6 Å². The molecule has 2 aliphatic rings. The lowest BCUT2D eigenvalue weighted by Gasteiger charge is -2.36. The summed E-state index contributed by atoms with van der Waals surface area (Å²) in [7, 11) is 0. The van der Waals surface area contributed by atoms with Gasteiger partial charge in [0.25, 0.3) is 0 Å². The van der Waals surface area contributed by atoms with Crippen molar-refractivity contribution in [3.8, 4) is 0 Å². The summed E-state index contributed by atoms with van der Waals surface area (Å²) in [5.41, 5.74) is -0.267. The molecule has 1 N–H and O–H groups in total. The van der Waals surface area contributed by atoms with Gasteiger partial charge in [-0.3, -0.25) is 4.90 Å². The van der Waals surface area contributed by atoms with Gasteiger partial charge >= 0.3 is 6.09 Å². The second-order valence-corrected chi connectivity index (χ2v) is 6.90. The van der Waals surface area contributed by atoms with Crippen molar-refractivity contribution < 1.29 is 14.6 Å². The molecule has 1 saturated heterocycles. The summed E-state index contributed by atoms with van der Waals surface area (Å²) >= 11 is 0. The Morgan fingerprint density at radius 2 is 1.79 bits per heavy atom. The summed E-state index contributed by atoms with van der Waals surface area (Å²) < 4.78 is 5.38. The van der Waals surface area contributed by atoms with E-state index >= 15 is 0 Å². The van der Waals surface area contributed by atoms with E-state index in [1.807, 2.05) is 20.8 Å². The number of hydrogen-bond acceptors (Lipinski definition) is 4. The van der Waals surface area contributed by atoms with Crippen LogP contribution in [0.25, 0.3) is 0 Å². The summed E-state index contributed by atoms with van der Waals surface area (Å²) in [5, 5.41) is 9.34. The molecule has 110 valence electrons. The fraction of sp³-hybridized carbons (Fsp3) is 0.929. The molecule has 2 fully saturated rings. The smallest absolute Gasteiger partial charge is 0.410 e. The summed E-state index contributed by atoms with van der Waals surface area (Å²) in [5.74, 6) is 0. The van der Waals surface area contributed by atoms with Gasteiger partial charge in [-0.2, -0.15) is 0 Å². The minimum atomic E-state index is -0.427. The molecular weight excluding hydrogens is 244 g/mol. The quantitative estimate of drug-likeness (QED) is 0.840. The molecule has 0 unspecified atom stereocenters. The van der Waals surface area contributed by atoms with Crippen molar-refractivity contribution >= 4 is 6.09 Å². The van der Waals surface area contributed by atoms with Crippen molar-refractivity contribution in [1.82, 2.24) is 9.80 Å². The minimum Gasteiger partial charge on any atom is -0.444 e. The lowest BCUT2D eigenvalue weighted by Crippen LogP contribution is -2.51. The number of ether oxygens (including phenoxy) is 1. The number of piperazine rings is 1. The van der Waals surface area contributed by atoms with Gasteiger partial charge in [0.15, 0.2) is 0 Å². The molecule has 0 radical (unpaired) electrons. The van der Waals surface area contributed by atoms with Gasteiger partial charge in [-0.05, 0) is 33.6 Å². The third-order valence-electron chi connectivity index (χ3n) is 3.88. The average Bonchev–Trinajstić information content (AvgIpc) is 3.08. The molecule has 5 heteroatoms. The van der Waals surface area contributed by atoms with E-state index in [1.165, 1.54) is 0 Å². The number of hydrogen-bond donors (Lipinski definition) is 1. The second kappa shape index (κ2) is 5.29. The van der Waals surface area contributed by atoms with Crippen LogP contribution < -0.4 is 0 Å². The number of aliphatic hydroxyl groups excluding tert-OH is 1. The first-order chi connectivity index (χ1) is 8.84. The molecule has 2 rings (SSSR count). The Balaban J connectivity index is 1.74. The van der Waals surface area contributed by atoms with Gasteiger partial charge in [-0.25, -0.2) is 4.79 Å². The summed E-state index contributed by atoms with van der Waals surface area (Å²) in [4.78, 5) is 16.0. The SMILES string of the molecule is CC(C)(C)OC(=O)N1CCN(CC2(CO)CC2)CC1. The number of rotatable bonds is 3. The van der Waals surface area contributed by atoms with Crippen molar-refractivity contribution in [2.45, 2.75) is 39.2 Å². The highest BCUT2D eigenvalue weighted by molar-refractivity contribution is 5.68. The Hall–Kier alpha value is -0.810. The molecule has 0 bridgehead atoms. The maximum atomic E-state index is 11.9. The Labute approximate surface area is 115 Å². The topological polar surface area (TPSA) is 53.0 Å².